The van der Waals surface area contributed by atoms with Gasteiger partial charge >= 0.3 is 5.97 Å². The largest absolute Gasteiger partial charge is 0.452 e. The van der Waals surface area contributed by atoms with Crippen LogP contribution >= 0.6 is 11.6 Å². The lowest BCUT2D eigenvalue weighted by Crippen LogP contribution is -2.25. The number of rotatable bonds is 3. The molecule has 0 bridgehead atoms. The highest BCUT2D eigenvalue weighted by molar-refractivity contribution is 6.30. The van der Waals surface area contributed by atoms with Crippen LogP contribution in [-0.2, 0) is 4.74 Å². The van der Waals surface area contributed by atoms with Crippen molar-refractivity contribution in [1.82, 2.24) is 0 Å². The van der Waals surface area contributed by atoms with Gasteiger partial charge in [0.1, 0.15) is 5.60 Å². The number of ether oxygens (including phenoxy) is 1. The number of esters is 1. The molecule has 0 atom stereocenters. The summed E-state index contributed by atoms with van der Waals surface area (Å²) in [5, 5.41) is 0.592. The fourth-order valence-corrected chi connectivity index (χ4v) is 1.05. The molecule has 0 aromatic heterocycles. The normalized spacial score (nSPS) is 10.9. The highest BCUT2D eigenvalue weighted by Crippen LogP contribution is 2.15. The van der Waals surface area contributed by atoms with Gasteiger partial charge in [0.15, 0.2) is 0 Å². The third kappa shape index (κ3) is 3.40. The zero-order chi connectivity index (χ0) is 11.5. The Kier molecular flexibility index (Phi) is 3.53. The number of hydrogen-bond acceptors (Lipinski definition) is 2. The predicted octanol–water partition coefficient (Wildman–Crippen LogP) is 3.46. The highest BCUT2D eigenvalue weighted by atomic mass is 35.5. The molecule has 0 saturated heterocycles. The van der Waals surface area contributed by atoms with Crippen molar-refractivity contribution in [1.29, 1.82) is 0 Å². The average Bonchev–Trinajstić information content (AvgIpc) is 2.18. The highest BCUT2D eigenvalue weighted by Gasteiger charge is 2.19. The third-order valence-electron chi connectivity index (χ3n) is 1.93. The Balaban J connectivity index is 2.78. The zero-order valence-corrected chi connectivity index (χ0v) is 9.54. The number of carbonyl (C=O) groups excluding carboxylic acids is 1. The molecule has 0 amide bonds. The Morgan fingerprint density at radius 1 is 1.40 bits per heavy atom. The van der Waals surface area contributed by atoms with Crippen LogP contribution in [0.25, 0.3) is 0 Å². The quantitative estimate of drug-likeness (QED) is 0.581. The van der Waals surface area contributed by atoms with Crippen LogP contribution in [0.1, 0.15) is 24.2 Å². The van der Waals surface area contributed by atoms with Crippen molar-refractivity contribution in [3.63, 3.8) is 0 Å². The van der Waals surface area contributed by atoms with Crippen molar-refractivity contribution < 1.29 is 9.53 Å². The van der Waals surface area contributed by atoms with Crippen molar-refractivity contribution in [3.05, 3.63) is 47.5 Å². The molecule has 0 radical (unpaired) electrons. The minimum Gasteiger partial charge on any atom is -0.452 e. The van der Waals surface area contributed by atoms with E-state index in [0.717, 1.165) is 0 Å². The molecule has 2 nitrogen and oxygen atoms in total. The molecule has 0 aliphatic heterocycles. The molecule has 0 spiro atoms. The second-order valence-electron chi connectivity index (χ2n) is 3.70. The van der Waals surface area contributed by atoms with E-state index in [2.05, 4.69) is 6.58 Å². The summed E-state index contributed by atoms with van der Waals surface area (Å²) < 4.78 is 5.21. The smallest absolute Gasteiger partial charge is 0.338 e. The Bertz CT molecular complexity index is 366. The SMILES string of the molecule is C=CC(C)(C)OC(=O)c1ccc(Cl)cc1. The topological polar surface area (TPSA) is 26.3 Å². The molecule has 3 heteroatoms. The van der Waals surface area contributed by atoms with Gasteiger partial charge in [-0.1, -0.05) is 18.2 Å². The molecule has 1 rings (SSSR count). The Hall–Kier alpha value is -1.28. The summed E-state index contributed by atoms with van der Waals surface area (Å²) in [6.07, 6.45) is 1.58. The lowest BCUT2D eigenvalue weighted by Gasteiger charge is -2.20. The first-order valence-corrected chi connectivity index (χ1v) is 4.95. The number of hydrogen-bond donors (Lipinski definition) is 0. The second kappa shape index (κ2) is 4.49. The Morgan fingerprint density at radius 2 is 1.93 bits per heavy atom. The van der Waals surface area contributed by atoms with E-state index < -0.39 is 5.60 Å². The Morgan fingerprint density at radius 3 is 2.40 bits per heavy atom. The van der Waals surface area contributed by atoms with Crippen LogP contribution in [-0.4, -0.2) is 11.6 Å². The number of carbonyl (C=O) groups is 1. The van der Waals surface area contributed by atoms with E-state index in [4.69, 9.17) is 16.3 Å². The van der Waals surface area contributed by atoms with Gasteiger partial charge in [-0.25, -0.2) is 4.79 Å². The minimum atomic E-state index is -0.656. The van der Waals surface area contributed by atoms with E-state index in [1.165, 1.54) is 0 Å². The van der Waals surface area contributed by atoms with E-state index >= 15 is 0 Å². The fraction of sp³-hybridized carbons (Fsp3) is 0.250. The molecule has 0 saturated carbocycles. The molecule has 0 aliphatic rings. The van der Waals surface area contributed by atoms with Gasteiger partial charge in [0.05, 0.1) is 5.56 Å². The molecular formula is C12H13ClO2. The van der Waals surface area contributed by atoms with Gasteiger partial charge in [-0.2, -0.15) is 0 Å². The van der Waals surface area contributed by atoms with Crippen molar-refractivity contribution in [2.75, 3.05) is 0 Å². The average molecular weight is 225 g/mol. The maximum Gasteiger partial charge on any atom is 0.338 e. The van der Waals surface area contributed by atoms with Crippen LogP contribution < -0.4 is 0 Å². The molecule has 0 fully saturated rings. The summed E-state index contributed by atoms with van der Waals surface area (Å²) in [6, 6.07) is 6.56. The summed E-state index contributed by atoms with van der Waals surface area (Å²) in [6.45, 7) is 7.14. The van der Waals surface area contributed by atoms with Crippen LogP contribution in [0, 0.1) is 0 Å². The van der Waals surface area contributed by atoms with Gasteiger partial charge in [0.2, 0.25) is 0 Å². The van der Waals surface area contributed by atoms with Crippen LogP contribution in [0.5, 0.6) is 0 Å². The van der Waals surface area contributed by atoms with Gasteiger partial charge in [0, 0.05) is 5.02 Å². The van der Waals surface area contributed by atoms with Crippen LogP contribution in [0.4, 0.5) is 0 Å². The molecule has 0 heterocycles. The minimum absolute atomic E-state index is 0.378. The number of halogens is 1. The van der Waals surface area contributed by atoms with Crippen LogP contribution in [0.15, 0.2) is 36.9 Å². The molecule has 0 unspecified atom stereocenters. The van der Waals surface area contributed by atoms with Crippen molar-refractivity contribution in [2.45, 2.75) is 19.4 Å². The molecule has 15 heavy (non-hydrogen) atoms. The van der Waals surface area contributed by atoms with Gasteiger partial charge < -0.3 is 4.74 Å². The van der Waals surface area contributed by atoms with Crippen LogP contribution in [0.3, 0.4) is 0 Å². The van der Waals surface area contributed by atoms with Gasteiger partial charge in [-0.3, -0.25) is 0 Å². The first kappa shape index (κ1) is 11.8. The van der Waals surface area contributed by atoms with Crippen molar-refractivity contribution >= 4 is 17.6 Å². The van der Waals surface area contributed by atoms with Crippen molar-refractivity contribution in [2.24, 2.45) is 0 Å². The van der Waals surface area contributed by atoms with E-state index in [-0.39, 0.29) is 5.97 Å². The van der Waals surface area contributed by atoms with E-state index in [9.17, 15) is 4.79 Å². The molecule has 1 aromatic rings. The predicted molar refractivity (Wildman–Crippen MR) is 61.1 cm³/mol. The molecular weight excluding hydrogens is 212 g/mol. The van der Waals surface area contributed by atoms with E-state index in [0.29, 0.717) is 10.6 Å². The Labute approximate surface area is 94.5 Å². The monoisotopic (exact) mass is 224 g/mol. The van der Waals surface area contributed by atoms with E-state index in [1.807, 2.05) is 0 Å². The summed E-state index contributed by atoms with van der Waals surface area (Å²) >= 11 is 5.71. The fourth-order valence-electron chi connectivity index (χ4n) is 0.925. The maximum atomic E-state index is 11.6. The lowest BCUT2D eigenvalue weighted by atomic mass is 10.1. The first-order valence-electron chi connectivity index (χ1n) is 4.57. The lowest BCUT2D eigenvalue weighted by molar-refractivity contribution is 0.0175. The molecule has 0 N–H and O–H groups in total. The van der Waals surface area contributed by atoms with E-state index in [1.54, 1.807) is 44.2 Å². The van der Waals surface area contributed by atoms with Crippen molar-refractivity contribution in [3.8, 4) is 0 Å². The van der Waals surface area contributed by atoms with Gasteiger partial charge in [-0.05, 0) is 44.2 Å². The first-order chi connectivity index (χ1) is 6.94. The molecule has 1 aromatic carbocycles. The summed E-state index contributed by atoms with van der Waals surface area (Å²) in [5.74, 6) is -0.378. The summed E-state index contributed by atoms with van der Waals surface area (Å²) in [7, 11) is 0. The van der Waals surface area contributed by atoms with Gasteiger partial charge in [-0.15, -0.1) is 0 Å². The molecule has 80 valence electrons. The molecule has 0 aliphatic carbocycles. The second-order valence-corrected chi connectivity index (χ2v) is 4.14. The standard InChI is InChI=1S/C12H13ClO2/c1-4-12(2,3)15-11(14)9-5-7-10(13)8-6-9/h4-8H,1H2,2-3H3. The summed E-state index contributed by atoms with van der Waals surface area (Å²) in [4.78, 5) is 11.6. The zero-order valence-electron chi connectivity index (χ0n) is 8.79. The summed E-state index contributed by atoms with van der Waals surface area (Å²) in [5.41, 5.74) is -0.175. The van der Waals surface area contributed by atoms with Gasteiger partial charge in [0.25, 0.3) is 0 Å². The third-order valence-corrected chi connectivity index (χ3v) is 2.18. The van der Waals surface area contributed by atoms with Crippen LogP contribution in [0.2, 0.25) is 5.02 Å². The maximum absolute atomic E-state index is 11.6. The number of benzene rings is 1.